The molecule has 0 aliphatic rings. The summed E-state index contributed by atoms with van der Waals surface area (Å²) in [5.41, 5.74) is 2.87. The molecule has 11 aromatic carbocycles. The van der Waals surface area contributed by atoms with E-state index in [9.17, 15) is 21.9 Å². The van der Waals surface area contributed by atoms with Crippen LogP contribution >= 0.6 is 0 Å². The Morgan fingerprint density at radius 1 is 0.523 bits per heavy atom. The summed E-state index contributed by atoms with van der Waals surface area (Å²) in [7, 11) is -6.28. The number of pyridine rings is 1. The number of imidazole rings is 1. The minimum absolute atomic E-state index is 0. The largest absolute Gasteiger partial charge is 0.510 e. The van der Waals surface area contributed by atoms with E-state index in [1.165, 1.54) is 18.3 Å². The summed E-state index contributed by atoms with van der Waals surface area (Å²) >= 11 is 0. The molecule has 0 aliphatic carbocycles. The molecule has 0 fully saturated rings. The molecular formula is C81H66N4OPtSi-2. The Kier molecular flexibility index (Phi) is 9.06. The maximum absolute atomic E-state index is 10.9. The maximum Gasteiger partial charge on any atom is 0.268 e. The minimum Gasteiger partial charge on any atom is -0.510 e. The van der Waals surface area contributed by atoms with E-state index in [1.54, 1.807) is 68.3 Å². The molecule has 0 aliphatic heterocycles. The fourth-order valence-corrected chi connectivity index (χ4v) is 14.7. The molecule has 0 saturated carbocycles. The third kappa shape index (κ3) is 10.4. The third-order valence-electron chi connectivity index (χ3n) is 15.4. The van der Waals surface area contributed by atoms with E-state index in [4.69, 9.17) is 24.8 Å². The van der Waals surface area contributed by atoms with Gasteiger partial charge in [0.15, 0.2) is 8.07 Å². The molecule has 0 unspecified atom stereocenters. The fourth-order valence-electron chi connectivity index (χ4n) is 11.2. The van der Waals surface area contributed by atoms with Gasteiger partial charge in [0.05, 0.1) is 49.6 Å². The normalized spacial score (nSPS) is 16.4. The van der Waals surface area contributed by atoms with Gasteiger partial charge in [-0.2, -0.15) is 18.2 Å². The molecule has 3 heterocycles. The van der Waals surface area contributed by atoms with E-state index in [0.717, 1.165) is 22.1 Å². The topological polar surface area (TPSA) is 35.9 Å². The predicted octanol–water partition coefficient (Wildman–Crippen LogP) is 16.9. The van der Waals surface area contributed by atoms with Crippen molar-refractivity contribution < 1.29 is 67.4 Å². The van der Waals surface area contributed by atoms with Crippen molar-refractivity contribution in [2.75, 3.05) is 0 Å². The summed E-state index contributed by atoms with van der Waals surface area (Å²) in [6, 6.07) is 19.0. The van der Waals surface area contributed by atoms with Crippen LogP contribution in [0, 0.1) is 25.3 Å². The fraction of sp³-hybridized carbons (Fsp3) is 0.111. The summed E-state index contributed by atoms with van der Waals surface area (Å²) in [6.07, 6.45) is 4.73. The van der Waals surface area contributed by atoms with Crippen LogP contribution in [-0.4, -0.2) is 22.2 Å². The molecule has 3 aromatic heterocycles. The zero-order valence-electron chi connectivity index (χ0n) is 75.1. The molecular weight excluding hydrogens is 1270 g/mol. The summed E-state index contributed by atoms with van der Waals surface area (Å²) in [5, 5.41) is -2.50. The van der Waals surface area contributed by atoms with Crippen molar-refractivity contribution in [3.05, 3.63) is 308 Å². The van der Waals surface area contributed by atoms with Gasteiger partial charge in [-0.25, -0.2) is 4.98 Å². The number of fused-ring (bicyclic) bond motifs is 4. The van der Waals surface area contributed by atoms with Crippen LogP contribution in [0.3, 0.4) is 0 Å². The zero-order valence-corrected chi connectivity index (χ0v) is 51.4. The Balaban J connectivity index is 0.0000115. The third-order valence-corrected chi connectivity index (χ3v) is 19.4. The monoisotopic (exact) mass is 1360 g/mol. The SMILES string of the molecule is [2H]c1c([2H])c([2H])c(-c2cnc(-n3c4[c-]c(Oc5[c-]c(-n6[c-][n+](-c7c(-c8c([2H])c([2H])c([2H])c([Si](c9c([2H])c([2H])c([2H])c([2H])c9[2H])(c9c([2H])c([2H])c([2H])c([2H])c9[2H])c9c([2H])c([2H])c([2H])c([2H])c9[2H])c8[2H])cccc7C(C)(C)C)c7ccc(-c8ccc(C(C)(C)C)cc8)cc76)ccc5)ccc4c4ccccc43)cc2C([2H])([2H])[2H])c([2H])c1[2H].[Pt]. The van der Waals surface area contributed by atoms with E-state index in [2.05, 4.69) is 39.2 Å². The average molecular weight is 1360 g/mol. The minimum atomic E-state index is -6.28. The number of ether oxygens (including phenoxy) is 1. The molecule has 7 heteroatoms. The Morgan fingerprint density at radius 3 is 1.82 bits per heavy atom. The second kappa shape index (κ2) is 23.3. The predicted molar refractivity (Wildman–Crippen MR) is 362 cm³/mol. The van der Waals surface area contributed by atoms with E-state index in [-0.39, 0.29) is 71.7 Å². The molecule has 0 radical (unpaired) electrons. The first-order chi connectivity index (χ1) is 53.5. The van der Waals surface area contributed by atoms with E-state index >= 15 is 0 Å². The van der Waals surface area contributed by atoms with Crippen molar-refractivity contribution >= 4 is 61.7 Å². The number of hydrogen-bond acceptors (Lipinski definition) is 2. The first-order valence-corrected chi connectivity index (χ1v) is 29.8. The second-order valence-corrected chi connectivity index (χ2v) is 26.3. The quantitative estimate of drug-likeness (QED) is 0.0529. The van der Waals surface area contributed by atoms with Crippen molar-refractivity contribution in [1.82, 2.24) is 14.1 Å². The molecule has 432 valence electrons. The first-order valence-electron chi connectivity index (χ1n) is 41.3. The van der Waals surface area contributed by atoms with Crippen LogP contribution in [0.2, 0.25) is 0 Å². The first kappa shape index (κ1) is 34.2. The van der Waals surface area contributed by atoms with Gasteiger partial charge in [-0.1, -0.05) is 265 Å². The number of benzene rings is 11. The molecule has 0 spiro atoms. The molecule has 88 heavy (non-hydrogen) atoms. The zero-order chi connectivity index (χ0) is 82.8. The average Bonchev–Trinajstić information content (AvgIpc) is 1.35. The number of rotatable bonds is 12. The van der Waals surface area contributed by atoms with Crippen LogP contribution in [0.25, 0.3) is 83.4 Å². The van der Waals surface area contributed by atoms with Gasteiger partial charge < -0.3 is 13.9 Å². The van der Waals surface area contributed by atoms with Crippen molar-refractivity contribution in [1.29, 1.82) is 0 Å². The van der Waals surface area contributed by atoms with E-state index in [0.29, 0.717) is 38.7 Å². The molecule has 0 bridgehead atoms. The van der Waals surface area contributed by atoms with Crippen LogP contribution in [-0.2, 0) is 31.9 Å². The smallest absolute Gasteiger partial charge is 0.268 e. The molecule has 0 amide bonds. The standard InChI is InChI=1S/C81H66N4OSi.Pt/c1-56-49-78(82-54-72(56)58-25-12-8-13-26-58)85-74-40-21-20-37-70(74)71-47-46-64(53-76(71)85)86-63-29-23-28-62(52-63)83-55-84(75-48-43-59(51-77(75)83)57-41-44-61(45-42-57)80(2,3)4)79-69(38-24-39-73(79)81(5,6)7)60-27-22-36-68(50-60)87(65-30-14-9-15-31-65,66-32-16-10-17-33-66)67-34-18-11-19-35-67;/h8-51,54H,1-7H3;/q-2;/i1D3,8D,9D,10D,11D,12D,13D,14D,15D,16D,17D,18D,19D,22D,25D,26D,27D,30D,31D,32D,33D,34D,35D,36D,50D;. The molecule has 5 nitrogen and oxygen atoms in total. The molecule has 0 saturated heterocycles. The van der Waals surface area contributed by atoms with E-state index < -0.39 is 192 Å². The number of aromatic nitrogens is 4. The van der Waals surface area contributed by atoms with Gasteiger partial charge in [0, 0.05) is 54.0 Å². The van der Waals surface area contributed by atoms with Crippen LogP contribution in [0.15, 0.2) is 273 Å². The number of para-hydroxylation sites is 2. The second-order valence-electron chi connectivity index (χ2n) is 22.8. The van der Waals surface area contributed by atoms with Crippen molar-refractivity contribution in [2.45, 2.75) is 59.2 Å². The molecule has 0 N–H and O–H groups in total. The summed E-state index contributed by atoms with van der Waals surface area (Å²) in [4.78, 5) is 4.71. The van der Waals surface area contributed by atoms with Gasteiger partial charge in [-0.3, -0.25) is 4.57 Å². The van der Waals surface area contributed by atoms with Gasteiger partial charge in [0.1, 0.15) is 5.82 Å². The van der Waals surface area contributed by atoms with Crippen molar-refractivity contribution in [3.8, 4) is 62.1 Å². The molecule has 14 rings (SSSR count). The number of aryl methyl sites for hydroxylation is 1. The summed E-state index contributed by atoms with van der Waals surface area (Å²) < 4.78 is 261. The number of hydrogen-bond donors (Lipinski definition) is 0. The Bertz CT molecular complexity index is 6200. The van der Waals surface area contributed by atoms with Crippen LogP contribution in [0.1, 0.15) is 95.2 Å². The van der Waals surface area contributed by atoms with Gasteiger partial charge in [-0.15, -0.1) is 29.7 Å². The molecule has 14 aromatic rings. The summed E-state index contributed by atoms with van der Waals surface area (Å²) in [6.45, 7) is 9.06. The van der Waals surface area contributed by atoms with Gasteiger partial charge in [-0.05, 0) is 112 Å². The van der Waals surface area contributed by atoms with Crippen LogP contribution in [0.5, 0.6) is 11.5 Å². The maximum atomic E-state index is 10.9. The summed E-state index contributed by atoms with van der Waals surface area (Å²) in [5.74, 6) is 0.372. The van der Waals surface area contributed by atoms with Crippen LogP contribution < -0.4 is 30.1 Å². The van der Waals surface area contributed by atoms with Crippen molar-refractivity contribution in [2.24, 2.45) is 0 Å². The number of nitrogens with zero attached hydrogens (tertiary/aromatic N) is 4. The van der Waals surface area contributed by atoms with Crippen molar-refractivity contribution in [3.63, 3.8) is 0 Å². The Hall–Kier alpha value is -9.45. The molecule has 0 atom stereocenters. The Morgan fingerprint density at radius 2 is 1.15 bits per heavy atom. The van der Waals surface area contributed by atoms with Gasteiger partial charge in [0.25, 0.3) is 6.33 Å². The van der Waals surface area contributed by atoms with Gasteiger partial charge >= 0.3 is 0 Å². The van der Waals surface area contributed by atoms with Crippen LogP contribution in [0.4, 0.5) is 0 Å². The van der Waals surface area contributed by atoms with E-state index in [1.807, 2.05) is 75.4 Å². The van der Waals surface area contributed by atoms with Gasteiger partial charge in [0.2, 0.25) is 0 Å². The Labute approximate surface area is 570 Å².